The number of fused-ring (bicyclic) bond motifs is 1. The third-order valence-electron chi connectivity index (χ3n) is 4.20. The molecule has 0 radical (unpaired) electrons. The molecule has 3 heterocycles. The van der Waals surface area contributed by atoms with Crippen LogP contribution in [0.4, 0.5) is 10.3 Å². The minimum absolute atomic E-state index is 0.103. The first-order valence-corrected chi connectivity index (χ1v) is 9.07. The van der Waals surface area contributed by atoms with Crippen LogP contribution in [0.25, 0.3) is 28.4 Å². The Kier molecular flexibility index (Phi) is 4.50. The van der Waals surface area contributed by atoms with Gasteiger partial charge < -0.3 is 5.32 Å². The van der Waals surface area contributed by atoms with Gasteiger partial charge in [-0.3, -0.25) is 4.40 Å². The zero-order chi connectivity index (χ0) is 19.7. The van der Waals surface area contributed by atoms with E-state index in [-0.39, 0.29) is 11.2 Å². The second kappa shape index (κ2) is 6.99. The van der Waals surface area contributed by atoms with Crippen LogP contribution in [-0.4, -0.2) is 30.9 Å². The number of hydrogen-bond donors (Lipinski definition) is 1. The SMILES string of the molecule is CC(C)(C)CNc1nccc(-c2c(-c3ccc(F)cc3)nc3ncccn23)n1. The van der Waals surface area contributed by atoms with Gasteiger partial charge in [-0.05, 0) is 41.8 Å². The van der Waals surface area contributed by atoms with Crippen molar-refractivity contribution in [2.24, 2.45) is 5.41 Å². The first kappa shape index (κ1) is 18.0. The molecule has 1 aromatic carbocycles. The largest absolute Gasteiger partial charge is 0.354 e. The van der Waals surface area contributed by atoms with E-state index >= 15 is 0 Å². The summed E-state index contributed by atoms with van der Waals surface area (Å²) in [6.07, 6.45) is 5.30. The van der Waals surface area contributed by atoms with Crippen molar-refractivity contribution in [1.82, 2.24) is 24.3 Å². The van der Waals surface area contributed by atoms with Crippen LogP contribution in [0.3, 0.4) is 0 Å². The van der Waals surface area contributed by atoms with Crippen molar-refractivity contribution in [3.63, 3.8) is 0 Å². The minimum atomic E-state index is -0.289. The number of rotatable bonds is 4. The Morgan fingerprint density at radius 3 is 2.54 bits per heavy atom. The van der Waals surface area contributed by atoms with Gasteiger partial charge in [0.2, 0.25) is 11.7 Å². The summed E-state index contributed by atoms with van der Waals surface area (Å²) in [7, 11) is 0. The number of aromatic nitrogens is 5. The maximum Gasteiger partial charge on any atom is 0.234 e. The fourth-order valence-corrected chi connectivity index (χ4v) is 2.86. The number of benzene rings is 1. The lowest BCUT2D eigenvalue weighted by Crippen LogP contribution is -2.20. The normalized spacial score (nSPS) is 11.7. The van der Waals surface area contributed by atoms with Gasteiger partial charge in [0, 0.05) is 30.7 Å². The summed E-state index contributed by atoms with van der Waals surface area (Å²) in [5.74, 6) is 0.818. The third kappa shape index (κ3) is 3.69. The van der Waals surface area contributed by atoms with Gasteiger partial charge in [0.1, 0.15) is 17.2 Å². The molecule has 28 heavy (non-hydrogen) atoms. The molecule has 3 aromatic heterocycles. The maximum atomic E-state index is 13.4. The van der Waals surface area contributed by atoms with E-state index < -0.39 is 0 Å². The molecule has 0 amide bonds. The number of imidazole rings is 1. The second-order valence-electron chi connectivity index (χ2n) is 7.79. The zero-order valence-corrected chi connectivity index (χ0v) is 16.0. The fraction of sp³-hybridized carbons (Fsp3) is 0.238. The first-order chi connectivity index (χ1) is 13.4. The molecule has 0 unspecified atom stereocenters. The highest BCUT2D eigenvalue weighted by Gasteiger charge is 2.18. The summed E-state index contributed by atoms with van der Waals surface area (Å²) in [5, 5.41) is 3.28. The van der Waals surface area contributed by atoms with Gasteiger partial charge in [-0.15, -0.1) is 0 Å². The summed E-state index contributed by atoms with van der Waals surface area (Å²) in [5.41, 5.74) is 3.09. The van der Waals surface area contributed by atoms with Crippen LogP contribution in [0.2, 0.25) is 0 Å². The van der Waals surface area contributed by atoms with Crippen molar-refractivity contribution in [1.29, 1.82) is 0 Å². The third-order valence-corrected chi connectivity index (χ3v) is 4.20. The van der Waals surface area contributed by atoms with E-state index in [1.807, 2.05) is 22.7 Å². The van der Waals surface area contributed by atoms with Crippen molar-refractivity contribution in [2.45, 2.75) is 20.8 Å². The second-order valence-corrected chi connectivity index (χ2v) is 7.79. The molecule has 0 aliphatic rings. The Labute approximate surface area is 162 Å². The molecule has 0 fully saturated rings. The van der Waals surface area contributed by atoms with Crippen LogP contribution in [0.1, 0.15) is 20.8 Å². The summed E-state index contributed by atoms with van der Waals surface area (Å²) < 4.78 is 15.3. The van der Waals surface area contributed by atoms with Gasteiger partial charge in [0.05, 0.1) is 5.69 Å². The van der Waals surface area contributed by atoms with Crippen molar-refractivity contribution in [3.05, 3.63) is 60.8 Å². The first-order valence-electron chi connectivity index (χ1n) is 9.07. The lowest BCUT2D eigenvalue weighted by atomic mass is 9.97. The van der Waals surface area contributed by atoms with Gasteiger partial charge in [-0.25, -0.2) is 24.3 Å². The van der Waals surface area contributed by atoms with Crippen molar-refractivity contribution in [2.75, 3.05) is 11.9 Å². The topological polar surface area (TPSA) is 68.0 Å². The molecule has 0 bridgehead atoms. The molecule has 0 aliphatic carbocycles. The van der Waals surface area contributed by atoms with E-state index in [1.165, 1.54) is 12.1 Å². The van der Waals surface area contributed by atoms with E-state index in [2.05, 4.69) is 46.0 Å². The smallest absolute Gasteiger partial charge is 0.234 e. The summed E-state index contributed by atoms with van der Waals surface area (Å²) in [6, 6.07) is 9.94. The standard InChI is InChI=1S/C21H21FN6/c1-21(2,3)13-25-19-23-11-9-16(26-19)18-17(14-5-7-15(22)8-6-14)27-20-24-10-4-12-28(18)20/h4-12H,13H2,1-3H3,(H,23,25,26). The minimum Gasteiger partial charge on any atom is -0.354 e. The monoisotopic (exact) mass is 376 g/mol. The lowest BCUT2D eigenvalue weighted by molar-refractivity contribution is 0.442. The van der Waals surface area contributed by atoms with E-state index in [0.29, 0.717) is 23.1 Å². The van der Waals surface area contributed by atoms with Crippen LogP contribution in [0.15, 0.2) is 55.0 Å². The molecule has 7 heteroatoms. The Morgan fingerprint density at radius 2 is 1.79 bits per heavy atom. The number of nitrogens with one attached hydrogen (secondary N) is 1. The number of halogens is 1. The van der Waals surface area contributed by atoms with Crippen LogP contribution < -0.4 is 5.32 Å². The molecular formula is C21H21FN6. The van der Waals surface area contributed by atoms with Crippen molar-refractivity contribution >= 4 is 11.7 Å². The molecular weight excluding hydrogens is 355 g/mol. The van der Waals surface area contributed by atoms with Gasteiger partial charge in [0.25, 0.3) is 0 Å². The van der Waals surface area contributed by atoms with E-state index in [9.17, 15) is 4.39 Å². The molecule has 0 saturated carbocycles. The summed E-state index contributed by atoms with van der Waals surface area (Å²) in [4.78, 5) is 18.0. The molecule has 0 atom stereocenters. The number of nitrogens with zero attached hydrogens (tertiary/aromatic N) is 5. The van der Waals surface area contributed by atoms with Gasteiger partial charge in [-0.1, -0.05) is 20.8 Å². The maximum absolute atomic E-state index is 13.4. The Balaban J connectivity index is 1.84. The van der Waals surface area contributed by atoms with Gasteiger partial charge in [0.15, 0.2) is 0 Å². The van der Waals surface area contributed by atoms with Crippen LogP contribution >= 0.6 is 0 Å². The highest BCUT2D eigenvalue weighted by molar-refractivity contribution is 5.79. The Morgan fingerprint density at radius 1 is 1.00 bits per heavy atom. The fourth-order valence-electron chi connectivity index (χ4n) is 2.86. The van der Waals surface area contributed by atoms with Crippen molar-refractivity contribution in [3.8, 4) is 22.6 Å². The summed E-state index contributed by atoms with van der Waals surface area (Å²) >= 11 is 0. The van der Waals surface area contributed by atoms with E-state index in [1.54, 1.807) is 24.5 Å². The van der Waals surface area contributed by atoms with Crippen LogP contribution in [-0.2, 0) is 0 Å². The summed E-state index contributed by atoms with van der Waals surface area (Å²) in [6.45, 7) is 7.18. The zero-order valence-electron chi connectivity index (χ0n) is 16.0. The molecule has 0 spiro atoms. The lowest BCUT2D eigenvalue weighted by Gasteiger charge is -2.18. The molecule has 0 saturated heterocycles. The van der Waals surface area contributed by atoms with Crippen LogP contribution in [0.5, 0.6) is 0 Å². The van der Waals surface area contributed by atoms with Crippen molar-refractivity contribution < 1.29 is 4.39 Å². The van der Waals surface area contributed by atoms with Crippen LogP contribution in [0, 0.1) is 11.2 Å². The molecule has 4 aromatic rings. The average Bonchev–Trinajstić information content (AvgIpc) is 3.06. The number of anilines is 1. The number of hydrogen-bond acceptors (Lipinski definition) is 5. The predicted molar refractivity (Wildman–Crippen MR) is 107 cm³/mol. The molecule has 4 rings (SSSR count). The van der Waals surface area contributed by atoms with Gasteiger partial charge >= 0.3 is 0 Å². The Bertz CT molecular complexity index is 1110. The Hall–Kier alpha value is -3.35. The van der Waals surface area contributed by atoms with E-state index in [4.69, 9.17) is 0 Å². The molecule has 1 N–H and O–H groups in total. The molecule has 0 aliphatic heterocycles. The molecule has 6 nitrogen and oxygen atoms in total. The highest BCUT2D eigenvalue weighted by Crippen LogP contribution is 2.31. The average molecular weight is 376 g/mol. The highest BCUT2D eigenvalue weighted by atomic mass is 19.1. The molecule has 142 valence electrons. The quantitative estimate of drug-likeness (QED) is 0.570. The van der Waals surface area contributed by atoms with Gasteiger partial charge in [-0.2, -0.15) is 0 Å². The van der Waals surface area contributed by atoms with E-state index in [0.717, 1.165) is 17.8 Å². The predicted octanol–water partition coefficient (Wildman–Crippen LogP) is 4.45.